The number of rotatable bonds is 11. The van der Waals surface area contributed by atoms with E-state index < -0.39 is 5.60 Å². The molecule has 0 amide bonds. The zero-order chi connectivity index (χ0) is 15.8. The number of esters is 1. The highest BCUT2D eigenvalue weighted by molar-refractivity contribution is 7.10. The van der Waals surface area contributed by atoms with E-state index in [1.54, 1.807) is 11.3 Å². The molecular weight excluding hydrogens is 324 g/mol. The van der Waals surface area contributed by atoms with Gasteiger partial charge in [0.05, 0.1) is 24.8 Å². The number of carbonyl (C=O) groups excluding carboxylic acids is 1. The maximum Gasteiger partial charge on any atom is 0.340 e. The summed E-state index contributed by atoms with van der Waals surface area (Å²) >= 11 is 7.62. The molecule has 1 aliphatic rings. The lowest BCUT2D eigenvalue weighted by molar-refractivity contribution is -0.149. The molecule has 0 bridgehead atoms. The molecule has 1 fully saturated rings. The van der Waals surface area contributed by atoms with Gasteiger partial charge in [-0.05, 0) is 37.6 Å². The molecule has 1 unspecified atom stereocenters. The normalized spacial score (nSPS) is 20.1. The second-order valence-corrected chi connectivity index (χ2v) is 6.82. The lowest BCUT2D eigenvalue weighted by Gasteiger charge is -2.10. The molecule has 2 rings (SSSR count). The molecule has 1 saturated heterocycles. The van der Waals surface area contributed by atoms with Gasteiger partial charge in [0.2, 0.25) is 0 Å². The molecule has 0 spiro atoms. The van der Waals surface area contributed by atoms with E-state index in [4.69, 9.17) is 25.8 Å². The van der Waals surface area contributed by atoms with Crippen LogP contribution in [0.2, 0.25) is 5.02 Å². The molecule has 0 aromatic carbocycles. The van der Waals surface area contributed by atoms with Gasteiger partial charge in [-0.2, -0.15) is 0 Å². The van der Waals surface area contributed by atoms with Gasteiger partial charge in [0.25, 0.3) is 0 Å². The second-order valence-electron chi connectivity index (χ2n) is 5.41. The minimum absolute atomic E-state index is 0.203. The first-order valence-corrected chi connectivity index (χ1v) is 9.04. The highest BCUT2D eigenvalue weighted by Crippen LogP contribution is 2.34. The predicted octanol–water partition coefficient (Wildman–Crippen LogP) is 4.20. The minimum atomic E-state index is -0.623. The Morgan fingerprint density at radius 1 is 1.41 bits per heavy atom. The van der Waals surface area contributed by atoms with E-state index in [0.717, 1.165) is 48.6 Å². The maximum absolute atomic E-state index is 11.7. The number of thiophene rings is 1. The fourth-order valence-corrected chi connectivity index (χ4v) is 3.30. The molecule has 0 saturated carbocycles. The van der Waals surface area contributed by atoms with Crippen LogP contribution in [-0.2, 0) is 25.6 Å². The van der Waals surface area contributed by atoms with Crippen LogP contribution in [0.25, 0.3) is 0 Å². The van der Waals surface area contributed by atoms with Crippen molar-refractivity contribution < 1.29 is 19.0 Å². The van der Waals surface area contributed by atoms with Gasteiger partial charge in [0, 0.05) is 11.5 Å². The van der Waals surface area contributed by atoms with Gasteiger partial charge in [-0.3, -0.25) is 0 Å². The topological polar surface area (TPSA) is 48.1 Å². The van der Waals surface area contributed by atoms with E-state index >= 15 is 0 Å². The van der Waals surface area contributed by atoms with Crippen molar-refractivity contribution >= 4 is 28.9 Å². The SMILES string of the molecule is CCOC(=O)C1(CCCCCCOCc2sccc2Cl)CO1. The van der Waals surface area contributed by atoms with Crippen molar-refractivity contribution in [3.8, 4) is 0 Å². The third-order valence-electron chi connectivity index (χ3n) is 3.68. The molecule has 124 valence electrons. The summed E-state index contributed by atoms with van der Waals surface area (Å²) in [5.74, 6) is -0.203. The fraction of sp³-hybridized carbons (Fsp3) is 0.688. The van der Waals surface area contributed by atoms with Gasteiger partial charge in [-0.1, -0.05) is 24.4 Å². The van der Waals surface area contributed by atoms with Crippen molar-refractivity contribution in [1.82, 2.24) is 0 Å². The number of hydrogen-bond acceptors (Lipinski definition) is 5. The van der Waals surface area contributed by atoms with Crippen molar-refractivity contribution in [2.45, 2.75) is 51.2 Å². The van der Waals surface area contributed by atoms with Crippen molar-refractivity contribution in [2.24, 2.45) is 0 Å². The molecule has 0 aliphatic carbocycles. The second kappa shape index (κ2) is 8.87. The van der Waals surface area contributed by atoms with Crippen LogP contribution in [0.4, 0.5) is 0 Å². The Morgan fingerprint density at radius 3 is 2.82 bits per heavy atom. The summed E-state index contributed by atoms with van der Waals surface area (Å²) in [6, 6.07) is 1.89. The fourth-order valence-electron chi connectivity index (χ4n) is 2.28. The number of ether oxygens (including phenoxy) is 3. The average molecular weight is 347 g/mol. The lowest BCUT2D eigenvalue weighted by Crippen LogP contribution is -2.27. The van der Waals surface area contributed by atoms with E-state index in [-0.39, 0.29) is 5.97 Å². The Balaban J connectivity index is 1.46. The smallest absolute Gasteiger partial charge is 0.340 e. The largest absolute Gasteiger partial charge is 0.464 e. The van der Waals surface area contributed by atoms with E-state index in [9.17, 15) is 4.79 Å². The first-order valence-electron chi connectivity index (χ1n) is 7.79. The zero-order valence-corrected chi connectivity index (χ0v) is 14.5. The maximum atomic E-state index is 11.7. The van der Waals surface area contributed by atoms with Gasteiger partial charge in [0.15, 0.2) is 5.60 Å². The third kappa shape index (κ3) is 5.23. The van der Waals surface area contributed by atoms with Gasteiger partial charge >= 0.3 is 5.97 Å². The number of hydrogen-bond donors (Lipinski definition) is 0. The quantitative estimate of drug-likeness (QED) is 0.342. The summed E-state index contributed by atoms with van der Waals surface area (Å²) in [6.07, 6.45) is 4.94. The lowest BCUT2D eigenvalue weighted by atomic mass is 10.0. The zero-order valence-electron chi connectivity index (χ0n) is 12.9. The monoisotopic (exact) mass is 346 g/mol. The minimum Gasteiger partial charge on any atom is -0.464 e. The van der Waals surface area contributed by atoms with E-state index in [0.29, 0.717) is 19.8 Å². The van der Waals surface area contributed by atoms with Crippen LogP contribution < -0.4 is 0 Å². The summed E-state index contributed by atoms with van der Waals surface area (Å²) in [4.78, 5) is 12.8. The van der Waals surface area contributed by atoms with Crippen molar-refractivity contribution in [1.29, 1.82) is 0 Å². The Bertz CT molecular complexity index is 470. The Kier molecular flexibility index (Phi) is 7.15. The first kappa shape index (κ1) is 17.7. The predicted molar refractivity (Wildman–Crippen MR) is 87.4 cm³/mol. The molecule has 2 heterocycles. The van der Waals surface area contributed by atoms with Crippen molar-refractivity contribution in [3.63, 3.8) is 0 Å². The molecule has 4 nitrogen and oxygen atoms in total. The van der Waals surface area contributed by atoms with Crippen LogP contribution in [-0.4, -0.2) is 31.4 Å². The van der Waals surface area contributed by atoms with Crippen molar-refractivity contribution in [3.05, 3.63) is 21.3 Å². The van der Waals surface area contributed by atoms with E-state index in [2.05, 4.69) is 0 Å². The van der Waals surface area contributed by atoms with Crippen LogP contribution in [0, 0.1) is 0 Å². The molecule has 0 N–H and O–H groups in total. The van der Waals surface area contributed by atoms with Crippen LogP contribution >= 0.6 is 22.9 Å². The summed E-state index contributed by atoms with van der Waals surface area (Å²) < 4.78 is 15.9. The molecule has 0 radical (unpaired) electrons. The Morgan fingerprint density at radius 2 is 2.18 bits per heavy atom. The van der Waals surface area contributed by atoms with Crippen LogP contribution in [0.1, 0.15) is 43.9 Å². The van der Waals surface area contributed by atoms with Crippen LogP contribution in [0.3, 0.4) is 0 Å². The Hall–Kier alpha value is -0.620. The first-order chi connectivity index (χ1) is 10.7. The van der Waals surface area contributed by atoms with Gasteiger partial charge in [-0.15, -0.1) is 11.3 Å². The molecule has 1 atom stereocenters. The summed E-state index contributed by atoms with van der Waals surface area (Å²) in [7, 11) is 0. The molecule has 1 aliphatic heterocycles. The molecule has 22 heavy (non-hydrogen) atoms. The summed E-state index contributed by atoms with van der Waals surface area (Å²) in [6.45, 7) is 4.08. The van der Waals surface area contributed by atoms with Gasteiger partial charge < -0.3 is 14.2 Å². The molecule has 1 aromatic heterocycles. The van der Waals surface area contributed by atoms with E-state index in [1.807, 2.05) is 18.4 Å². The Labute approximate surface area is 140 Å². The summed E-state index contributed by atoms with van der Waals surface area (Å²) in [5.41, 5.74) is -0.623. The van der Waals surface area contributed by atoms with Gasteiger partial charge in [-0.25, -0.2) is 4.79 Å². The highest BCUT2D eigenvalue weighted by atomic mass is 35.5. The standard InChI is InChI=1S/C16H23ClO4S/c1-2-20-15(18)16(12-21-16)8-5-3-4-6-9-19-11-14-13(17)7-10-22-14/h7,10H,2-6,8-9,11-12H2,1H3. The molecule has 1 aromatic rings. The number of halogens is 1. The average Bonchev–Trinajstić information content (AvgIpc) is 3.19. The third-order valence-corrected chi connectivity index (χ3v) is 5.04. The van der Waals surface area contributed by atoms with E-state index in [1.165, 1.54) is 0 Å². The van der Waals surface area contributed by atoms with Gasteiger partial charge in [0.1, 0.15) is 0 Å². The number of carbonyl (C=O) groups is 1. The summed E-state index contributed by atoms with van der Waals surface area (Å²) in [5, 5.41) is 2.76. The highest BCUT2D eigenvalue weighted by Gasteiger charge is 2.52. The molecular formula is C16H23ClO4S. The molecule has 6 heteroatoms. The van der Waals surface area contributed by atoms with Crippen LogP contribution in [0.15, 0.2) is 11.4 Å². The number of unbranched alkanes of at least 4 members (excludes halogenated alkanes) is 3. The van der Waals surface area contributed by atoms with Crippen LogP contribution in [0.5, 0.6) is 0 Å². The number of epoxide rings is 1. The van der Waals surface area contributed by atoms with Crippen molar-refractivity contribution in [2.75, 3.05) is 19.8 Å².